The van der Waals surface area contributed by atoms with Gasteiger partial charge >= 0.3 is 12.4 Å². The minimum absolute atomic E-state index is 0.0604. The molecule has 0 aliphatic rings. The highest BCUT2D eigenvalue weighted by molar-refractivity contribution is 6.18. The van der Waals surface area contributed by atoms with Crippen molar-refractivity contribution in [1.29, 1.82) is 0 Å². The van der Waals surface area contributed by atoms with E-state index >= 15 is 0 Å². The van der Waals surface area contributed by atoms with Gasteiger partial charge in [-0.25, -0.2) is 29.9 Å². The molecule has 5 aromatic rings. The van der Waals surface area contributed by atoms with Gasteiger partial charge in [0, 0.05) is 0 Å². The van der Waals surface area contributed by atoms with Crippen molar-refractivity contribution in [2.45, 2.75) is 12.4 Å². The lowest BCUT2D eigenvalue weighted by atomic mass is 10.0. The monoisotopic (exact) mass is 492 g/mol. The molecule has 3 aromatic heterocycles. The van der Waals surface area contributed by atoms with E-state index in [0.717, 1.165) is 0 Å². The number of hydrogen-bond acceptors (Lipinski definition) is 6. The van der Waals surface area contributed by atoms with Gasteiger partial charge in [0.25, 0.3) is 23.8 Å². The lowest BCUT2D eigenvalue weighted by molar-refractivity contribution is -0.161. The highest BCUT2D eigenvalue weighted by Crippen LogP contribution is 2.42. The Hall–Kier alpha value is -3.98. The zero-order valence-corrected chi connectivity index (χ0v) is 15.6. The summed E-state index contributed by atoms with van der Waals surface area (Å²) in [6.45, 7) is 0. The van der Waals surface area contributed by atoms with Crippen LogP contribution in [0.2, 0.25) is 0 Å². The first-order chi connectivity index (χ1) is 15.8. The van der Waals surface area contributed by atoms with Gasteiger partial charge in [-0.15, -0.1) is 0 Å². The van der Waals surface area contributed by atoms with Crippen molar-refractivity contribution in [3.05, 3.63) is 47.1 Å². The second-order valence-corrected chi connectivity index (χ2v) is 6.81. The van der Waals surface area contributed by atoms with Gasteiger partial charge in [-0.2, -0.15) is 43.9 Å². The lowest BCUT2D eigenvalue weighted by Crippen LogP contribution is -2.16. The summed E-state index contributed by atoms with van der Waals surface area (Å²) in [5.41, 5.74) is -9.61. The molecule has 0 amide bonds. The molecule has 0 N–H and O–H groups in total. The van der Waals surface area contributed by atoms with Gasteiger partial charge in [-0.05, 0) is 12.1 Å². The third kappa shape index (κ3) is 3.19. The Kier molecular flexibility index (Phi) is 4.35. The normalized spacial score (nSPS) is 13.0. The molecule has 0 bridgehead atoms. The Morgan fingerprint density at radius 2 is 0.647 bits per heavy atom. The largest absolute Gasteiger partial charge is 0.417 e. The molecule has 3 heterocycles. The predicted octanol–water partition coefficient (Wildman–Crippen LogP) is 5.26. The molecule has 16 heteroatoms. The summed E-state index contributed by atoms with van der Waals surface area (Å²) in [7, 11) is 0. The molecular weight excluding hydrogens is 490 g/mol. The summed E-state index contributed by atoms with van der Waals surface area (Å²) >= 11 is 0. The van der Waals surface area contributed by atoms with E-state index < -0.39 is 91.4 Å². The number of rotatable bonds is 0. The van der Waals surface area contributed by atoms with Crippen LogP contribution in [-0.4, -0.2) is 29.9 Å². The summed E-state index contributed by atoms with van der Waals surface area (Å²) in [4.78, 5) is 20.5. The van der Waals surface area contributed by atoms with Gasteiger partial charge in [-0.1, -0.05) is 0 Å². The number of nitrogens with zero attached hydrogens (tertiary/aromatic N) is 6. The molecule has 34 heavy (non-hydrogen) atoms. The molecular formula is C18H2F10N6. The van der Waals surface area contributed by atoms with Gasteiger partial charge in [-0.3, -0.25) is 0 Å². The zero-order chi connectivity index (χ0) is 24.7. The SMILES string of the molecule is Fc1nc2c3nc(F)c(F)nc3c3nc4cc(C(F)(F)F)c(C(F)(F)F)cc4nc3c2nc1F. The summed E-state index contributed by atoms with van der Waals surface area (Å²) in [6, 6.07) is 0.121. The summed E-state index contributed by atoms with van der Waals surface area (Å²) < 4.78 is 135. The number of alkyl halides is 6. The first kappa shape index (κ1) is 21.8. The lowest BCUT2D eigenvalue weighted by Gasteiger charge is -2.16. The van der Waals surface area contributed by atoms with Crippen LogP contribution in [0.15, 0.2) is 12.1 Å². The summed E-state index contributed by atoms with van der Waals surface area (Å²) in [5, 5.41) is 0. The molecule has 0 unspecified atom stereocenters. The zero-order valence-electron chi connectivity index (χ0n) is 15.6. The molecule has 0 saturated heterocycles. The van der Waals surface area contributed by atoms with Crippen LogP contribution in [0.25, 0.3) is 44.1 Å². The Morgan fingerprint density at radius 1 is 0.412 bits per heavy atom. The minimum Gasteiger partial charge on any atom is -0.242 e. The molecule has 0 radical (unpaired) electrons. The molecule has 5 rings (SSSR count). The van der Waals surface area contributed by atoms with Crippen molar-refractivity contribution in [1.82, 2.24) is 29.9 Å². The van der Waals surface area contributed by atoms with Gasteiger partial charge in [0.05, 0.1) is 22.2 Å². The molecule has 0 saturated carbocycles. The Morgan fingerprint density at radius 3 is 0.882 bits per heavy atom. The second-order valence-electron chi connectivity index (χ2n) is 6.81. The Bertz CT molecular complexity index is 1560. The number of benzene rings is 2. The van der Waals surface area contributed by atoms with E-state index in [9.17, 15) is 43.9 Å². The molecule has 0 aliphatic carbocycles. The van der Waals surface area contributed by atoms with Gasteiger partial charge in [0.2, 0.25) is 0 Å². The first-order valence-electron chi connectivity index (χ1n) is 8.73. The fourth-order valence-corrected chi connectivity index (χ4v) is 3.35. The van der Waals surface area contributed by atoms with Crippen molar-refractivity contribution >= 4 is 44.1 Å². The van der Waals surface area contributed by atoms with E-state index in [2.05, 4.69) is 29.9 Å². The predicted molar refractivity (Wildman–Crippen MR) is 93.1 cm³/mol. The molecule has 6 nitrogen and oxygen atoms in total. The summed E-state index contributed by atoms with van der Waals surface area (Å²) in [6.07, 6.45) is -10.9. The Labute approximate surface area is 178 Å². The number of fused-ring (bicyclic) bond motifs is 7. The van der Waals surface area contributed by atoms with Crippen LogP contribution < -0.4 is 0 Å². The highest BCUT2D eigenvalue weighted by atomic mass is 19.4. The first-order valence-corrected chi connectivity index (χ1v) is 8.73. The quantitative estimate of drug-likeness (QED) is 0.167. The summed E-state index contributed by atoms with van der Waals surface area (Å²) in [5.74, 6) is -7.12. The molecule has 0 atom stereocenters. The third-order valence-corrected chi connectivity index (χ3v) is 4.72. The average Bonchev–Trinajstić information content (AvgIpc) is 2.73. The number of hydrogen-bond donors (Lipinski definition) is 0. The van der Waals surface area contributed by atoms with E-state index in [-0.39, 0.29) is 12.1 Å². The number of halogens is 10. The van der Waals surface area contributed by atoms with Crippen molar-refractivity contribution in [3.63, 3.8) is 0 Å². The van der Waals surface area contributed by atoms with Crippen LogP contribution in [0, 0.1) is 23.8 Å². The highest BCUT2D eigenvalue weighted by Gasteiger charge is 2.43. The van der Waals surface area contributed by atoms with E-state index in [4.69, 9.17) is 0 Å². The van der Waals surface area contributed by atoms with Crippen molar-refractivity contribution in [2.24, 2.45) is 0 Å². The maximum absolute atomic E-state index is 13.8. The number of aromatic nitrogens is 6. The van der Waals surface area contributed by atoms with Crippen LogP contribution in [0.1, 0.15) is 11.1 Å². The van der Waals surface area contributed by atoms with Crippen LogP contribution in [0.4, 0.5) is 43.9 Å². The second kappa shape index (κ2) is 6.77. The van der Waals surface area contributed by atoms with E-state index in [1.807, 2.05) is 0 Å². The molecule has 0 spiro atoms. The van der Waals surface area contributed by atoms with Crippen molar-refractivity contribution < 1.29 is 43.9 Å². The average molecular weight is 492 g/mol. The molecule has 0 aliphatic heterocycles. The molecule has 174 valence electrons. The van der Waals surface area contributed by atoms with Crippen molar-refractivity contribution in [3.8, 4) is 0 Å². The fraction of sp³-hybridized carbons (Fsp3) is 0.111. The Balaban J connectivity index is 2.04. The van der Waals surface area contributed by atoms with E-state index in [1.54, 1.807) is 0 Å². The van der Waals surface area contributed by atoms with E-state index in [0.29, 0.717) is 0 Å². The molecule has 0 fully saturated rings. The third-order valence-electron chi connectivity index (χ3n) is 4.72. The smallest absolute Gasteiger partial charge is 0.242 e. The maximum Gasteiger partial charge on any atom is 0.417 e. The van der Waals surface area contributed by atoms with Crippen molar-refractivity contribution in [2.75, 3.05) is 0 Å². The van der Waals surface area contributed by atoms with Gasteiger partial charge in [0.15, 0.2) is 0 Å². The topological polar surface area (TPSA) is 77.3 Å². The van der Waals surface area contributed by atoms with Crippen LogP contribution in [0.5, 0.6) is 0 Å². The van der Waals surface area contributed by atoms with Crippen LogP contribution in [0.3, 0.4) is 0 Å². The molecule has 2 aromatic carbocycles. The van der Waals surface area contributed by atoms with E-state index in [1.165, 1.54) is 0 Å². The maximum atomic E-state index is 13.8. The van der Waals surface area contributed by atoms with Crippen LogP contribution in [-0.2, 0) is 12.4 Å². The standard InChI is InChI=1S/C18H2F10N6/c19-13-15(21)33-11-9(31-13)7-8(10-12(11)34-16(22)14(20)32-10)30-6-2-4(18(26,27)28)3(17(23,24)25)1-5(6)29-7/h1-2H. The minimum atomic E-state index is -5.44. The van der Waals surface area contributed by atoms with Gasteiger partial charge < -0.3 is 0 Å². The van der Waals surface area contributed by atoms with Crippen LogP contribution >= 0.6 is 0 Å². The fourth-order valence-electron chi connectivity index (χ4n) is 3.35. The van der Waals surface area contributed by atoms with Gasteiger partial charge in [0.1, 0.15) is 33.1 Å².